The van der Waals surface area contributed by atoms with Crippen molar-refractivity contribution in [1.82, 2.24) is 19.6 Å². The second kappa shape index (κ2) is 14.6. The van der Waals surface area contributed by atoms with E-state index in [-0.39, 0.29) is 25.9 Å². The molecule has 0 amide bonds. The molecule has 2 heterocycles. The van der Waals surface area contributed by atoms with Crippen LogP contribution in [0.15, 0.2) is 54.6 Å². The summed E-state index contributed by atoms with van der Waals surface area (Å²) in [5.74, 6) is 0.755. The van der Waals surface area contributed by atoms with Gasteiger partial charge in [-0.3, -0.25) is 9.32 Å². The number of nitrogens with two attached hydrogens (primary N) is 1. The molecular weight excluding hydrogens is 557 g/mol. The van der Waals surface area contributed by atoms with Crippen LogP contribution in [0.25, 0.3) is 21.9 Å². The van der Waals surface area contributed by atoms with Gasteiger partial charge in [-0.15, -0.1) is 0 Å². The lowest BCUT2D eigenvalue weighted by Gasteiger charge is -2.27. The summed E-state index contributed by atoms with van der Waals surface area (Å²) in [6.07, 6.45) is 2.50. The smallest absolute Gasteiger partial charge is 0.459 e. The number of hydrogen-bond donors (Lipinski definition) is 2. The van der Waals surface area contributed by atoms with Crippen LogP contribution in [0.4, 0.5) is 5.82 Å². The number of fused-ring (bicyclic) bond motifs is 3. The number of para-hydroxylation sites is 2. The quantitative estimate of drug-likeness (QED) is 0.114. The van der Waals surface area contributed by atoms with Crippen molar-refractivity contribution in [2.75, 3.05) is 25.6 Å². The number of unbranched alkanes of at least 4 members (excludes halogenated alkanes) is 1. The van der Waals surface area contributed by atoms with Gasteiger partial charge in [0.2, 0.25) is 0 Å². The van der Waals surface area contributed by atoms with Crippen LogP contribution in [0.3, 0.4) is 0 Å². The van der Waals surface area contributed by atoms with Crippen LogP contribution in [0.1, 0.15) is 58.8 Å². The Kier molecular flexibility index (Phi) is 10.9. The minimum atomic E-state index is -4.07. The molecule has 0 spiro atoms. The number of nitrogen functional groups attached to an aromatic ring is 1. The molecule has 42 heavy (non-hydrogen) atoms. The fraction of sp³-hybridized carbons (Fsp3) is 0.433. The predicted molar refractivity (Wildman–Crippen MR) is 163 cm³/mol. The van der Waals surface area contributed by atoms with E-state index in [9.17, 15) is 9.36 Å². The van der Waals surface area contributed by atoms with Gasteiger partial charge in [0.1, 0.15) is 29.7 Å². The van der Waals surface area contributed by atoms with Crippen LogP contribution in [0.5, 0.6) is 5.75 Å². The Labute approximate surface area is 246 Å². The molecule has 0 aliphatic carbocycles. The number of nitrogens with one attached hydrogen (secondary N) is 1. The van der Waals surface area contributed by atoms with Gasteiger partial charge < -0.3 is 24.3 Å². The maximum atomic E-state index is 14.2. The van der Waals surface area contributed by atoms with Gasteiger partial charge in [0.25, 0.3) is 0 Å². The predicted octanol–water partition coefficient (Wildman–Crippen LogP) is 6.18. The SMILES string of the molecule is CCCC[C@H](COP(=O)(N[C@@H](C)C(=O)OCC)Oc1ccccc1)n1c(COCC)nc2c(N)nc3ccccc3c21. The minimum absolute atomic E-state index is 0.00615. The Morgan fingerprint density at radius 1 is 1.05 bits per heavy atom. The highest BCUT2D eigenvalue weighted by Gasteiger charge is 2.34. The molecule has 12 heteroatoms. The Morgan fingerprint density at radius 2 is 1.79 bits per heavy atom. The highest BCUT2D eigenvalue weighted by Crippen LogP contribution is 2.46. The van der Waals surface area contributed by atoms with Crippen LogP contribution < -0.4 is 15.3 Å². The lowest BCUT2D eigenvalue weighted by atomic mass is 10.1. The Morgan fingerprint density at radius 3 is 2.50 bits per heavy atom. The molecule has 11 nitrogen and oxygen atoms in total. The first-order chi connectivity index (χ1) is 20.3. The average molecular weight is 598 g/mol. The van der Waals surface area contributed by atoms with Crippen molar-refractivity contribution < 1.29 is 27.9 Å². The Balaban J connectivity index is 1.77. The van der Waals surface area contributed by atoms with E-state index in [0.717, 1.165) is 29.3 Å². The molecule has 1 unspecified atom stereocenters. The number of esters is 1. The third kappa shape index (κ3) is 7.46. The largest absolute Gasteiger partial charge is 0.465 e. The Hall–Kier alpha value is -3.50. The standard InChI is InChI=1S/C30H40N5O6P/c1-5-8-14-22(19-40-42(37,34-21(4)30(36)39-7-3)41-23-15-10-9-11-16-23)35-26(20-38-6-2)33-27-28(35)24-17-12-13-18-25(24)32-29(27)31/h9-13,15-18,21-22H,5-8,14,19-20H2,1-4H3,(H2,31,32)(H,34,37)/t21-,22+,42?/m0/s1. The van der Waals surface area contributed by atoms with E-state index in [1.54, 1.807) is 38.1 Å². The molecule has 2 aromatic heterocycles. The van der Waals surface area contributed by atoms with E-state index in [4.69, 9.17) is 29.2 Å². The van der Waals surface area contributed by atoms with E-state index in [0.29, 0.717) is 35.9 Å². The second-order valence-electron chi connectivity index (χ2n) is 9.84. The monoisotopic (exact) mass is 597 g/mol. The summed E-state index contributed by atoms with van der Waals surface area (Å²) < 4.78 is 39.2. The summed E-state index contributed by atoms with van der Waals surface area (Å²) >= 11 is 0. The number of ether oxygens (including phenoxy) is 2. The number of benzene rings is 2. The van der Waals surface area contributed by atoms with E-state index < -0.39 is 19.8 Å². The lowest BCUT2D eigenvalue weighted by molar-refractivity contribution is -0.144. The summed E-state index contributed by atoms with van der Waals surface area (Å²) in [7, 11) is -4.07. The van der Waals surface area contributed by atoms with Crippen LogP contribution >= 0.6 is 7.75 Å². The van der Waals surface area contributed by atoms with Gasteiger partial charge in [-0.2, -0.15) is 5.09 Å². The number of carbonyl (C=O) groups is 1. The lowest BCUT2D eigenvalue weighted by Crippen LogP contribution is -2.35. The fourth-order valence-electron chi connectivity index (χ4n) is 4.74. The van der Waals surface area contributed by atoms with Gasteiger partial charge in [-0.25, -0.2) is 14.5 Å². The van der Waals surface area contributed by atoms with Crippen LogP contribution in [-0.2, 0) is 30.0 Å². The first-order valence-electron chi connectivity index (χ1n) is 14.4. The minimum Gasteiger partial charge on any atom is -0.465 e. The van der Waals surface area contributed by atoms with E-state index in [1.807, 2.05) is 37.3 Å². The third-order valence-corrected chi connectivity index (χ3v) is 8.36. The van der Waals surface area contributed by atoms with Crippen LogP contribution in [0.2, 0.25) is 0 Å². The molecule has 0 saturated heterocycles. The number of pyridine rings is 1. The van der Waals surface area contributed by atoms with Gasteiger partial charge in [-0.1, -0.05) is 56.2 Å². The summed E-state index contributed by atoms with van der Waals surface area (Å²) in [6.45, 7) is 8.23. The highest BCUT2D eigenvalue weighted by molar-refractivity contribution is 7.52. The van der Waals surface area contributed by atoms with Crippen molar-refractivity contribution in [3.63, 3.8) is 0 Å². The van der Waals surface area contributed by atoms with Crippen molar-refractivity contribution in [2.45, 2.75) is 65.6 Å². The summed E-state index contributed by atoms with van der Waals surface area (Å²) in [5.41, 5.74) is 8.51. The van der Waals surface area contributed by atoms with Crippen molar-refractivity contribution in [2.24, 2.45) is 0 Å². The van der Waals surface area contributed by atoms with Gasteiger partial charge in [-0.05, 0) is 45.4 Å². The number of imidazole rings is 1. The zero-order chi connectivity index (χ0) is 30.1. The third-order valence-electron chi connectivity index (χ3n) is 6.72. The van der Waals surface area contributed by atoms with Gasteiger partial charge in [0.05, 0.1) is 30.3 Å². The summed E-state index contributed by atoms with van der Waals surface area (Å²) in [6, 6.07) is 15.2. The molecule has 0 saturated carbocycles. The number of aromatic nitrogens is 3. The average Bonchev–Trinajstić information content (AvgIpc) is 3.37. The molecular formula is C30H40N5O6P. The first kappa shape index (κ1) is 31.4. The van der Waals surface area contributed by atoms with Gasteiger partial charge in [0.15, 0.2) is 5.82 Å². The molecule has 4 aromatic rings. The number of nitrogens with zero attached hydrogens (tertiary/aromatic N) is 3. The zero-order valence-electron chi connectivity index (χ0n) is 24.6. The Bertz CT molecular complexity index is 1530. The molecule has 0 radical (unpaired) electrons. The molecule has 4 rings (SSSR count). The number of anilines is 1. The molecule has 226 valence electrons. The van der Waals surface area contributed by atoms with E-state index >= 15 is 0 Å². The number of carbonyl (C=O) groups excluding carboxylic acids is 1. The maximum Gasteiger partial charge on any atom is 0.459 e. The zero-order valence-corrected chi connectivity index (χ0v) is 25.5. The number of rotatable bonds is 16. The van der Waals surface area contributed by atoms with E-state index in [2.05, 4.69) is 21.6 Å². The van der Waals surface area contributed by atoms with Gasteiger partial charge in [0, 0.05) is 12.0 Å². The second-order valence-corrected chi connectivity index (χ2v) is 11.5. The van der Waals surface area contributed by atoms with Crippen molar-refractivity contribution in [1.29, 1.82) is 0 Å². The molecule has 0 aliphatic heterocycles. The molecule has 0 bridgehead atoms. The van der Waals surface area contributed by atoms with Crippen LogP contribution in [-0.4, -0.2) is 46.4 Å². The van der Waals surface area contributed by atoms with Crippen molar-refractivity contribution in [3.8, 4) is 5.75 Å². The normalized spacial score (nSPS) is 14.5. The molecule has 0 aliphatic rings. The highest BCUT2D eigenvalue weighted by atomic mass is 31.2. The topological polar surface area (TPSA) is 140 Å². The van der Waals surface area contributed by atoms with Crippen LogP contribution in [0, 0.1) is 0 Å². The molecule has 3 N–H and O–H groups in total. The molecule has 2 aromatic carbocycles. The van der Waals surface area contributed by atoms with E-state index in [1.165, 1.54) is 0 Å². The van der Waals surface area contributed by atoms with Crippen molar-refractivity contribution in [3.05, 3.63) is 60.4 Å². The maximum absolute atomic E-state index is 14.2. The first-order valence-corrected chi connectivity index (χ1v) is 15.9. The molecule has 3 atom stereocenters. The molecule has 0 fully saturated rings. The van der Waals surface area contributed by atoms with Gasteiger partial charge >= 0.3 is 13.7 Å². The summed E-state index contributed by atoms with van der Waals surface area (Å²) in [4.78, 5) is 21.8. The fourth-order valence-corrected chi connectivity index (χ4v) is 6.26. The summed E-state index contributed by atoms with van der Waals surface area (Å²) in [5, 5.41) is 3.65. The van der Waals surface area contributed by atoms with Crippen molar-refractivity contribution >= 4 is 41.5 Å². The number of hydrogen-bond acceptors (Lipinski definition) is 9.